The first-order valence-corrected chi connectivity index (χ1v) is 6.46. The monoisotopic (exact) mass is 354 g/mol. The van der Waals surface area contributed by atoms with E-state index < -0.39 is 0 Å². The number of benzene rings is 1. The first-order valence-electron chi connectivity index (χ1n) is 3.63. The number of alkyl halides is 2. The van der Waals surface area contributed by atoms with E-state index in [4.69, 9.17) is 0 Å². The number of rotatable bonds is 2. The Kier molecular flexibility index (Phi) is 4.27. The van der Waals surface area contributed by atoms with Crippen LogP contribution in [0.5, 0.6) is 0 Å². The Bertz CT molecular complexity index is 268. The lowest BCUT2D eigenvalue weighted by molar-refractivity contribution is 1.11. The molecule has 1 aromatic rings. The molecule has 0 saturated carbocycles. The SMILES string of the molecule is CC(Br)c1cc(Br)cc(CBr)c1. The van der Waals surface area contributed by atoms with E-state index in [9.17, 15) is 0 Å². The molecule has 3 heteroatoms. The Morgan fingerprint density at radius 1 is 1.33 bits per heavy atom. The molecule has 0 N–H and O–H groups in total. The molecule has 0 spiro atoms. The molecule has 1 aromatic carbocycles. The highest BCUT2D eigenvalue weighted by Gasteiger charge is 2.03. The quantitative estimate of drug-likeness (QED) is 0.668. The van der Waals surface area contributed by atoms with Crippen LogP contribution in [0.15, 0.2) is 22.7 Å². The van der Waals surface area contributed by atoms with E-state index in [1.54, 1.807) is 0 Å². The average molecular weight is 357 g/mol. The van der Waals surface area contributed by atoms with Gasteiger partial charge in [-0.1, -0.05) is 53.9 Å². The highest BCUT2D eigenvalue weighted by Crippen LogP contribution is 2.26. The van der Waals surface area contributed by atoms with Crippen LogP contribution in [0, 0.1) is 0 Å². The van der Waals surface area contributed by atoms with Gasteiger partial charge < -0.3 is 0 Å². The second kappa shape index (κ2) is 4.77. The van der Waals surface area contributed by atoms with Crippen molar-refractivity contribution in [3.63, 3.8) is 0 Å². The van der Waals surface area contributed by atoms with Crippen molar-refractivity contribution in [3.8, 4) is 0 Å². The molecule has 1 atom stereocenters. The van der Waals surface area contributed by atoms with Crippen molar-refractivity contribution in [1.29, 1.82) is 0 Å². The molecule has 66 valence electrons. The minimum absolute atomic E-state index is 0.410. The summed E-state index contributed by atoms with van der Waals surface area (Å²) in [5, 5.41) is 0.902. The normalized spacial score (nSPS) is 13.0. The molecule has 0 nitrogen and oxygen atoms in total. The molecule has 0 aliphatic heterocycles. The van der Waals surface area contributed by atoms with Gasteiger partial charge in [0, 0.05) is 14.6 Å². The van der Waals surface area contributed by atoms with Gasteiger partial charge in [-0.2, -0.15) is 0 Å². The summed E-state index contributed by atoms with van der Waals surface area (Å²) < 4.78 is 1.14. The Hall–Kier alpha value is 0.660. The molecule has 0 aromatic heterocycles. The Balaban J connectivity index is 3.06. The van der Waals surface area contributed by atoms with Crippen LogP contribution in [0.4, 0.5) is 0 Å². The largest absolute Gasteiger partial charge is 0.0876 e. The van der Waals surface area contributed by atoms with E-state index >= 15 is 0 Å². The second-order valence-corrected chi connectivity index (χ2v) is 5.49. The molecular weight excluding hydrogens is 348 g/mol. The number of hydrogen-bond acceptors (Lipinski definition) is 0. The fourth-order valence-electron chi connectivity index (χ4n) is 0.982. The smallest absolute Gasteiger partial charge is 0.0367 e. The van der Waals surface area contributed by atoms with E-state index in [0.29, 0.717) is 4.83 Å². The first-order chi connectivity index (χ1) is 5.63. The third-order valence-electron chi connectivity index (χ3n) is 1.59. The minimum atomic E-state index is 0.410. The summed E-state index contributed by atoms with van der Waals surface area (Å²) in [7, 11) is 0. The first kappa shape index (κ1) is 10.7. The minimum Gasteiger partial charge on any atom is -0.0876 e. The zero-order valence-electron chi connectivity index (χ0n) is 6.65. The van der Waals surface area contributed by atoms with Crippen LogP contribution in [0.25, 0.3) is 0 Å². The van der Waals surface area contributed by atoms with E-state index in [1.807, 2.05) is 0 Å². The van der Waals surface area contributed by atoms with Gasteiger partial charge in [0.15, 0.2) is 0 Å². The summed E-state index contributed by atoms with van der Waals surface area (Å²) in [6.07, 6.45) is 0. The fourth-order valence-corrected chi connectivity index (χ4v) is 2.13. The number of hydrogen-bond donors (Lipinski definition) is 0. The molecule has 0 heterocycles. The molecule has 12 heavy (non-hydrogen) atoms. The molecule has 1 unspecified atom stereocenters. The number of halogens is 3. The second-order valence-electron chi connectivity index (χ2n) is 2.64. The van der Waals surface area contributed by atoms with Gasteiger partial charge in [-0.3, -0.25) is 0 Å². The van der Waals surface area contributed by atoms with Gasteiger partial charge in [0.1, 0.15) is 0 Å². The maximum atomic E-state index is 3.54. The van der Waals surface area contributed by atoms with E-state index in [-0.39, 0.29) is 0 Å². The van der Waals surface area contributed by atoms with Gasteiger partial charge in [0.05, 0.1) is 0 Å². The average Bonchev–Trinajstić information content (AvgIpc) is 2.03. The van der Waals surface area contributed by atoms with Gasteiger partial charge in [-0.15, -0.1) is 0 Å². The molecule has 0 saturated heterocycles. The van der Waals surface area contributed by atoms with Crippen LogP contribution in [-0.4, -0.2) is 0 Å². The Morgan fingerprint density at radius 3 is 2.50 bits per heavy atom. The van der Waals surface area contributed by atoms with Crippen molar-refractivity contribution in [3.05, 3.63) is 33.8 Å². The summed E-state index contributed by atoms with van der Waals surface area (Å²) in [6, 6.07) is 6.44. The predicted octanol–water partition coefficient (Wildman–Crippen LogP) is 4.80. The van der Waals surface area contributed by atoms with Crippen LogP contribution in [0.2, 0.25) is 0 Å². The lowest BCUT2D eigenvalue weighted by Gasteiger charge is -2.06. The van der Waals surface area contributed by atoms with Crippen LogP contribution < -0.4 is 0 Å². The summed E-state index contributed by atoms with van der Waals surface area (Å²) in [4.78, 5) is 0.410. The highest BCUT2D eigenvalue weighted by molar-refractivity contribution is 9.10. The standard InChI is InChI=1S/C9H9Br3/c1-6(11)8-2-7(5-10)3-9(12)4-8/h2-4,6H,5H2,1H3. The summed E-state index contributed by atoms with van der Waals surface area (Å²) in [5.41, 5.74) is 2.60. The van der Waals surface area contributed by atoms with Gasteiger partial charge in [0.25, 0.3) is 0 Å². The third kappa shape index (κ3) is 2.86. The van der Waals surface area contributed by atoms with Gasteiger partial charge in [-0.05, 0) is 30.2 Å². The maximum absolute atomic E-state index is 3.54. The molecule has 0 amide bonds. The van der Waals surface area contributed by atoms with Crippen molar-refractivity contribution in [2.75, 3.05) is 0 Å². The lowest BCUT2D eigenvalue weighted by atomic mass is 10.1. The van der Waals surface area contributed by atoms with Crippen molar-refractivity contribution < 1.29 is 0 Å². The van der Waals surface area contributed by atoms with Crippen molar-refractivity contribution in [2.45, 2.75) is 17.1 Å². The van der Waals surface area contributed by atoms with E-state index in [2.05, 4.69) is 72.9 Å². The zero-order chi connectivity index (χ0) is 9.14. The maximum Gasteiger partial charge on any atom is 0.0367 e. The predicted molar refractivity (Wildman–Crippen MR) is 64.1 cm³/mol. The van der Waals surface area contributed by atoms with E-state index in [0.717, 1.165) is 9.80 Å². The summed E-state index contributed by atoms with van der Waals surface area (Å²) in [5.74, 6) is 0. The fraction of sp³-hybridized carbons (Fsp3) is 0.333. The third-order valence-corrected chi connectivity index (χ3v) is 3.23. The molecule has 0 aliphatic carbocycles. The lowest BCUT2D eigenvalue weighted by Crippen LogP contribution is -1.86. The van der Waals surface area contributed by atoms with Gasteiger partial charge in [-0.25, -0.2) is 0 Å². The summed E-state index contributed by atoms with van der Waals surface area (Å²) >= 11 is 10.5. The van der Waals surface area contributed by atoms with Crippen molar-refractivity contribution in [2.24, 2.45) is 0 Å². The zero-order valence-corrected chi connectivity index (χ0v) is 11.4. The Morgan fingerprint density at radius 2 is 2.00 bits per heavy atom. The highest BCUT2D eigenvalue weighted by atomic mass is 79.9. The van der Waals surface area contributed by atoms with Crippen molar-refractivity contribution >= 4 is 47.8 Å². The van der Waals surface area contributed by atoms with Crippen LogP contribution in [-0.2, 0) is 5.33 Å². The van der Waals surface area contributed by atoms with E-state index in [1.165, 1.54) is 11.1 Å². The van der Waals surface area contributed by atoms with Crippen LogP contribution >= 0.6 is 47.8 Å². The Labute approximate surface area is 98.1 Å². The topological polar surface area (TPSA) is 0 Å². The van der Waals surface area contributed by atoms with Crippen molar-refractivity contribution in [1.82, 2.24) is 0 Å². The molecule has 0 fully saturated rings. The molecule has 0 aliphatic rings. The van der Waals surface area contributed by atoms with Gasteiger partial charge >= 0.3 is 0 Å². The molecular formula is C9H9Br3. The summed E-state index contributed by atoms with van der Waals surface area (Å²) in [6.45, 7) is 2.12. The molecule has 1 rings (SSSR count). The van der Waals surface area contributed by atoms with Crippen LogP contribution in [0.3, 0.4) is 0 Å². The molecule has 0 bridgehead atoms. The van der Waals surface area contributed by atoms with Crippen LogP contribution in [0.1, 0.15) is 22.9 Å². The van der Waals surface area contributed by atoms with Gasteiger partial charge in [0.2, 0.25) is 0 Å². The molecule has 0 radical (unpaired) electrons.